The Bertz CT molecular complexity index is 554. The van der Waals surface area contributed by atoms with Crippen molar-refractivity contribution in [2.45, 2.75) is 26.4 Å². The first-order valence-electron chi connectivity index (χ1n) is 6.11. The fraction of sp³-hybridized carbons (Fsp3) is 0.357. The number of aryl methyl sites for hydroxylation is 1. The number of methoxy groups -OCH3 is 1. The van der Waals surface area contributed by atoms with Crippen LogP contribution in [0.1, 0.15) is 29.2 Å². The molecule has 1 unspecified atom stereocenters. The van der Waals surface area contributed by atoms with E-state index in [1.165, 1.54) is 0 Å². The van der Waals surface area contributed by atoms with E-state index in [9.17, 15) is 5.11 Å². The van der Waals surface area contributed by atoms with Gasteiger partial charge in [0.05, 0.1) is 7.11 Å². The molecule has 0 saturated carbocycles. The Morgan fingerprint density at radius 2 is 2.26 bits per heavy atom. The van der Waals surface area contributed by atoms with Crippen LogP contribution in [0.15, 0.2) is 23.6 Å². The standard InChI is InChI=1S/C14H18N2O2S/c1-9-8-19-14(16-9)7-15-10(2)11-4-5-12(17)13(6-11)18-3/h4-6,8,10,15,17H,7H2,1-3H3. The summed E-state index contributed by atoms with van der Waals surface area (Å²) in [7, 11) is 1.55. The van der Waals surface area contributed by atoms with Crippen LogP contribution >= 0.6 is 11.3 Å². The van der Waals surface area contributed by atoms with Crippen molar-refractivity contribution in [3.63, 3.8) is 0 Å². The Morgan fingerprint density at radius 1 is 1.47 bits per heavy atom. The smallest absolute Gasteiger partial charge is 0.160 e. The van der Waals surface area contributed by atoms with E-state index in [1.807, 2.05) is 24.4 Å². The minimum Gasteiger partial charge on any atom is -0.504 e. The summed E-state index contributed by atoms with van der Waals surface area (Å²) < 4.78 is 5.11. The maximum Gasteiger partial charge on any atom is 0.160 e. The van der Waals surface area contributed by atoms with Gasteiger partial charge in [-0.1, -0.05) is 6.07 Å². The summed E-state index contributed by atoms with van der Waals surface area (Å²) in [5.74, 6) is 0.658. The molecule has 0 aliphatic heterocycles. The molecule has 0 saturated heterocycles. The first kappa shape index (κ1) is 13.8. The number of aromatic hydroxyl groups is 1. The third-order valence-corrected chi connectivity index (χ3v) is 3.90. The second kappa shape index (κ2) is 6.04. The van der Waals surface area contributed by atoms with Gasteiger partial charge in [-0.2, -0.15) is 0 Å². The second-order valence-corrected chi connectivity index (χ2v) is 5.36. The number of phenolic OH excluding ortho intramolecular Hbond substituents is 1. The van der Waals surface area contributed by atoms with Crippen molar-refractivity contribution in [3.8, 4) is 11.5 Å². The van der Waals surface area contributed by atoms with Gasteiger partial charge in [0.15, 0.2) is 11.5 Å². The van der Waals surface area contributed by atoms with Crippen LogP contribution < -0.4 is 10.1 Å². The number of ether oxygens (including phenoxy) is 1. The number of thiazole rings is 1. The quantitative estimate of drug-likeness (QED) is 0.882. The average molecular weight is 278 g/mol. The van der Waals surface area contributed by atoms with Gasteiger partial charge in [-0.15, -0.1) is 11.3 Å². The molecule has 1 aromatic carbocycles. The lowest BCUT2D eigenvalue weighted by molar-refractivity contribution is 0.372. The zero-order valence-electron chi connectivity index (χ0n) is 11.3. The van der Waals surface area contributed by atoms with Gasteiger partial charge in [-0.25, -0.2) is 4.98 Å². The van der Waals surface area contributed by atoms with Crippen molar-refractivity contribution in [3.05, 3.63) is 39.8 Å². The number of phenols is 1. The summed E-state index contributed by atoms with van der Waals surface area (Å²) >= 11 is 1.66. The van der Waals surface area contributed by atoms with Crippen molar-refractivity contribution >= 4 is 11.3 Å². The summed E-state index contributed by atoms with van der Waals surface area (Å²) in [4.78, 5) is 4.42. The SMILES string of the molecule is COc1cc(C(C)NCc2nc(C)cs2)ccc1O. The van der Waals surface area contributed by atoms with Crippen LogP contribution in [0.25, 0.3) is 0 Å². The fourth-order valence-electron chi connectivity index (χ4n) is 1.81. The van der Waals surface area contributed by atoms with Gasteiger partial charge in [-0.05, 0) is 31.5 Å². The number of hydrogen-bond donors (Lipinski definition) is 2. The van der Waals surface area contributed by atoms with E-state index in [1.54, 1.807) is 24.5 Å². The molecule has 2 N–H and O–H groups in total. The molecule has 1 aromatic heterocycles. The molecule has 2 aromatic rings. The van der Waals surface area contributed by atoms with Crippen LogP contribution in [0.4, 0.5) is 0 Å². The lowest BCUT2D eigenvalue weighted by atomic mass is 10.1. The van der Waals surface area contributed by atoms with Crippen LogP contribution in [-0.2, 0) is 6.54 Å². The molecule has 0 aliphatic rings. The Hall–Kier alpha value is -1.59. The minimum absolute atomic E-state index is 0.161. The lowest BCUT2D eigenvalue weighted by Crippen LogP contribution is -2.18. The number of benzene rings is 1. The molecular weight excluding hydrogens is 260 g/mol. The summed E-state index contributed by atoms with van der Waals surface area (Å²) in [5.41, 5.74) is 2.13. The Morgan fingerprint density at radius 3 is 2.89 bits per heavy atom. The van der Waals surface area contributed by atoms with Crippen molar-refractivity contribution < 1.29 is 9.84 Å². The van der Waals surface area contributed by atoms with Gasteiger partial charge in [0, 0.05) is 23.7 Å². The van der Waals surface area contributed by atoms with Gasteiger partial charge in [0.2, 0.25) is 0 Å². The van der Waals surface area contributed by atoms with Crippen molar-refractivity contribution in [2.75, 3.05) is 7.11 Å². The zero-order chi connectivity index (χ0) is 13.8. The van der Waals surface area contributed by atoms with E-state index >= 15 is 0 Å². The number of nitrogens with zero attached hydrogens (tertiary/aromatic N) is 1. The fourth-order valence-corrected chi connectivity index (χ4v) is 2.53. The third-order valence-electron chi connectivity index (χ3n) is 2.93. The maximum absolute atomic E-state index is 9.57. The molecule has 0 amide bonds. The second-order valence-electron chi connectivity index (χ2n) is 4.42. The molecule has 4 nitrogen and oxygen atoms in total. The van der Waals surface area contributed by atoms with Gasteiger partial charge in [0.1, 0.15) is 5.01 Å². The predicted octanol–water partition coefficient (Wildman–Crippen LogP) is 3.02. The summed E-state index contributed by atoms with van der Waals surface area (Å²) in [6.45, 7) is 4.81. The van der Waals surface area contributed by atoms with Gasteiger partial charge in [0.25, 0.3) is 0 Å². The van der Waals surface area contributed by atoms with Gasteiger partial charge >= 0.3 is 0 Å². The van der Waals surface area contributed by atoms with Crippen molar-refractivity contribution in [2.24, 2.45) is 0 Å². The van der Waals surface area contributed by atoms with E-state index in [0.29, 0.717) is 5.75 Å². The van der Waals surface area contributed by atoms with E-state index in [-0.39, 0.29) is 11.8 Å². The minimum atomic E-state index is 0.161. The summed E-state index contributed by atoms with van der Waals surface area (Å²) in [6.07, 6.45) is 0. The molecule has 2 rings (SSSR count). The van der Waals surface area contributed by atoms with Gasteiger partial charge in [-0.3, -0.25) is 0 Å². The Balaban J connectivity index is 2.01. The molecule has 19 heavy (non-hydrogen) atoms. The first-order chi connectivity index (χ1) is 9.10. The molecule has 0 bridgehead atoms. The molecule has 1 atom stereocenters. The highest BCUT2D eigenvalue weighted by Gasteiger charge is 2.09. The molecule has 5 heteroatoms. The highest BCUT2D eigenvalue weighted by molar-refractivity contribution is 7.09. The Labute approximate surface area is 117 Å². The summed E-state index contributed by atoms with van der Waals surface area (Å²) in [6, 6.07) is 5.56. The molecule has 0 radical (unpaired) electrons. The van der Waals surface area contributed by atoms with Crippen molar-refractivity contribution in [1.82, 2.24) is 10.3 Å². The van der Waals surface area contributed by atoms with E-state index in [4.69, 9.17) is 4.74 Å². The molecule has 1 heterocycles. The lowest BCUT2D eigenvalue weighted by Gasteiger charge is -2.14. The molecule has 0 aliphatic carbocycles. The number of aromatic nitrogens is 1. The number of rotatable bonds is 5. The van der Waals surface area contributed by atoms with E-state index in [2.05, 4.69) is 17.2 Å². The summed E-state index contributed by atoms with van der Waals surface area (Å²) in [5, 5.41) is 16.1. The first-order valence-corrected chi connectivity index (χ1v) is 6.99. The van der Waals surface area contributed by atoms with Crippen LogP contribution in [0, 0.1) is 6.92 Å². The molecule has 102 valence electrons. The van der Waals surface area contributed by atoms with Crippen LogP contribution in [-0.4, -0.2) is 17.2 Å². The highest BCUT2D eigenvalue weighted by atomic mass is 32.1. The maximum atomic E-state index is 9.57. The normalized spacial score (nSPS) is 12.4. The topological polar surface area (TPSA) is 54.4 Å². The van der Waals surface area contributed by atoms with Crippen LogP contribution in [0.2, 0.25) is 0 Å². The third kappa shape index (κ3) is 3.45. The molecule has 0 fully saturated rings. The predicted molar refractivity (Wildman–Crippen MR) is 76.8 cm³/mol. The van der Waals surface area contributed by atoms with E-state index < -0.39 is 0 Å². The molecule has 0 spiro atoms. The number of hydrogen-bond acceptors (Lipinski definition) is 5. The van der Waals surface area contributed by atoms with E-state index in [0.717, 1.165) is 22.8 Å². The zero-order valence-corrected chi connectivity index (χ0v) is 12.1. The van der Waals surface area contributed by atoms with Crippen molar-refractivity contribution in [1.29, 1.82) is 0 Å². The molecular formula is C14H18N2O2S. The average Bonchev–Trinajstić information content (AvgIpc) is 2.82. The Kier molecular flexibility index (Phi) is 4.39. The van der Waals surface area contributed by atoms with Gasteiger partial charge < -0.3 is 15.2 Å². The monoisotopic (exact) mass is 278 g/mol. The van der Waals surface area contributed by atoms with Crippen LogP contribution in [0.5, 0.6) is 11.5 Å². The largest absolute Gasteiger partial charge is 0.504 e. The highest BCUT2D eigenvalue weighted by Crippen LogP contribution is 2.28. The number of nitrogens with one attached hydrogen (secondary N) is 1. The van der Waals surface area contributed by atoms with Crippen LogP contribution in [0.3, 0.4) is 0 Å².